The first-order chi connectivity index (χ1) is 17.0. The van der Waals surface area contributed by atoms with Gasteiger partial charge in [-0.1, -0.05) is 58.4 Å². The van der Waals surface area contributed by atoms with E-state index < -0.39 is 17.6 Å². The molecule has 200 valence electrons. The summed E-state index contributed by atoms with van der Waals surface area (Å²) >= 11 is 0. The van der Waals surface area contributed by atoms with Crippen LogP contribution in [0.1, 0.15) is 108 Å². The topological polar surface area (TPSA) is 172 Å². The summed E-state index contributed by atoms with van der Waals surface area (Å²) in [4.78, 5) is 25.8. The molecule has 2 saturated carbocycles. The molecule has 0 aliphatic heterocycles. The minimum absolute atomic E-state index is 0.0397. The number of hydrogen-bond acceptors (Lipinski definition) is 8. The molecule has 0 aromatic carbocycles. The first-order valence-electron chi connectivity index (χ1n) is 12.7. The number of hydrogen-bond donors (Lipinski definition) is 4. The highest BCUT2D eigenvalue weighted by Crippen LogP contribution is 2.39. The van der Waals surface area contributed by atoms with Gasteiger partial charge in [0.15, 0.2) is 5.69 Å². The van der Waals surface area contributed by atoms with E-state index in [-0.39, 0.29) is 11.5 Å². The predicted molar refractivity (Wildman–Crippen MR) is 144 cm³/mol. The third kappa shape index (κ3) is 12.9. The number of carbonyl (C=O) groups excluding carboxylic acids is 2. The summed E-state index contributed by atoms with van der Waals surface area (Å²) in [6.45, 7) is 9.28. The number of amides is 2. The standard InChI is InChI=1S/C13H14N6O.C6H12.C5H11NO2.C2H6/c14-10-6-9(12(13(15)20)19-18-10)17-11-3-1-2-8(16-11)7-4-5-7;1-2-4-6-5-3-1;1-5(2,3)8-4(6)7;1-2/h1-3,6-7H,4-5H2,(H2,15,20)(H3,14,16,17,18);1-6H2;1-3H3,(H2,6,7);1-2H3. The van der Waals surface area contributed by atoms with E-state index in [1.807, 2.05) is 32.0 Å². The fraction of sp³-hybridized carbons (Fsp3) is 0.577. The lowest BCUT2D eigenvalue weighted by atomic mass is 10.0. The Hall–Kier alpha value is -3.43. The van der Waals surface area contributed by atoms with Gasteiger partial charge in [-0.05, 0) is 45.7 Å². The van der Waals surface area contributed by atoms with Crippen LogP contribution >= 0.6 is 0 Å². The number of primary amides is 2. The highest BCUT2D eigenvalue weighted by atomic mass is 16.6. The van der Waals surface area contributed by atoms with E-state index in [2.05, 4.69) is 25.2 Å². The van der Waals surface area contributed by atoms with E-state index in [0.717, 1.165) is 5.69 Å². The number of anilines is 3. The molecule has 0 saturated heterocycles. The van der Waals surface area contributed by atoms with Crippen LogP contribution in [-0.2, 0) is 4.74 Å². The number of nitrogens with zero attached hydrogens (tertiary/aromatic N) is 3. The number of aromatic nitrogens is 3. The average molecular weight is 502 g/mol. The first kappa shape index (κ1) is 30.6. The van der Waals surface area contributed by atoms with E-state index >= 15 is 0 Å². The molecule has 10 heteroatoms. The van der Waals surface area contributed by atoms with Crippen LogP contribution in [0.25, 0.3) is 0 Å². The molecule has 7 N–H and O–H groups in total. The molecule has 10 nitrogen and oxygen atoms in total. The van der Waals surface area contributed by atoms with Crippen LogP contribution < -0.4 is 22.5 Å². The van der Waals surface area contributed by atoms with E-state index in [9.17, 15) is 9.59 Å². The summed E-state index contributed by atoms with van der Waals surface area (Å²) in [5, 5.41) is 10.4. The number of ether oxygens (including phenoxy) is 1. The fourth-order valence-corrected chi connectivity index (χ4v) is 3.31. The van der Waals surface area contributed by atoms with E-state index in [0.29, 0.717) is 17.4 Å². The molecule has 4 rings (SSSR count). The lowest BCUT2D eigenvalue weighted by Gasteiger charge is -2.16. The molecular formula is C26H43N7O3. The van der Waals surface area contributed by atoms with Crippen LogP contribution in [0.5, 0.6) is 0 Å². The number of nitrogens with one attached hydrogen (secondary N) is 1. The van der Waals surface area contributed by atoms with Crippen molar-refractivity contribution in [2.75, 3.05) is 11.1 Å². The summed E-state index contributed by atoms with van der Waals surface area (Å²) in [7, 11) is 0. The van der Waals surface area contributed by atoms with Gasteiger partial charge in [-0.3, -0.25) is 4.79 Å². The zero-order chi connectivity index (χ0) is 27.1. The van der Waals surface area contributed by atoms with Crippen molar-refractivity contribution in [3.63, 3.8) is 0 Å². The lowest BCUT2D eigenvalue weighted by Crippen LogP contribution is -2.27. The number of nitrogen functional groups attached to an aromatic ring is 1. The van der Waals surface area contributed by atoms with Crippen LogP contribution in [0, 0.1) is 0 Å². The van der Waals surface area contributed by atoms with Gasteiger partial charge in [-0.15, -0.1) is 10.2 Å². The summed E-state index contributed by atoms with van der Waals surface area (Å²) in [5.41, 5.74) is 16.6. The van der Waals surface area contributed by atoms with Crippen molar-refractivity contribution >= 4 is 29.3 Å². The molecule has 0 spiro atoms. The van der Waals surface area contributed by atoms with Crippen LogP contribution in [0.2, 0.25) is 0 Å². The van der Waals surface area contributed by atoms with Crippen molar-refractivity contribution in [1.82, 2.24) is 15.2 Å². The Labute approximate surface area is 214 Å². The highest BCUT2D eigenvalue weighted by molar-refractivity contribution is 5.97. The molecule has 36 heavy (non-hydrogen) atoms. The summed E-state index contributed by atoms with van der Waals surface area (Å²) in [5.74, 6) is 0.714. The van der Waals surface area contributed by atoms with Crippen molar-refractivity contribution in [3.05, 3.63) is 35.7 Å². The van der Waals surface area contributed by atoms with Crippen LogP contribution in [0.4, 0.5) is 22.1 Å². The van der Waals surface area contributed by atoms with Crippen LogP contribution in [0.15, 0.2) is 24.3 Å². The van der Waals surface area contributed by atoms with Crippen molar-refractivity contribution in [3.8, 4) is 0 Å². The van der Waals surface area contributed by atoms with Gasteiger partial charge in [0.2, 0.25) is 0 Å². The second-order valence-electron chi connectivity index (χ2n) is 9.40. The van der Waals surface area contributed by atoms with Crippen LogP contribution in [0.3, 0.4) is 0 Å². The normalized spacial score (nSPS) is 14.4. The molecule has 0 bridgehead atoms. The maximum atomic E-state index is 11.3. The molecule has 2 fully saturated rings. The lowest BCUT2D eigenvalue weighted by molar-refractivity contribution is 0.0600. The van der Waals surface area contributed by atoms with Crippen molar-refractivity contribution in [2.24, 2.45) is 11.5 Å². The smallest absolute Gasteiger partial charge is 0.405 e. The van der Waals surface area contributed by atoms with Gasteiger partial charge >= 0.3 is 6.09 Å². The Morgan fingerprint density at radius 1 is 0.972 bits per heavy atom. The third-order valence-electron chi connectivity index (χ3n) is 4.98. The predicted octanol–water partition coefficient (Wildman–Crippen LogP) is 5.42. The Balaban J connectivity index is 0.000000334. The number of nitrogens with two attached hydrogens (primary N) is 3. The highest BCUT2D eigenvalue weighted by Gasteiger charge is 2.25. The van der Waals surface area contributed by atoms with Gasteiger partial charge in [0, 0.05) is 17.7 Å². The zero-order valence-corrected chi connectivity index (χ0v) is 22.3. The first-order valence-corrected chi connectivity index (χ1v) is 12.7. The summed E-state index contributed by atoms with van der Waals surface area (Å²) in [6.07, 6.45) is 10.6. The fourth-order valence-electron chi connectivity index (χ4n) is 3.31. The van der Waals surface area contributed by atoms with Gasteiger partial charge in [-0.25, -0.2) is 9.78 Å². The summed E-state index contributed by atoms with van der Waals surface area (Å²) in [6, 6.07) is 7.24. The van der Waals surface area contributed by atoms with E-state index in [1.54, 1.807) is 20.8 Å². The molecule has 2 amide bonds. The monoisotopic (exact) mass is 501 g/mol. The average Bonchev–Trinajstić information content (AvgIpc) is 3.67. The van der Waals surface area contributed by atoms with Gasteiger partial charge < -0.3 is 27.3 Å². The van der Waals surface area contributed by atoms with Gasteiger partial charge in [0.05, 0.1) is 5.69 Å². The quantitative estimate of drug-likeness (QED) is 0.429. The van der Waals surface area contributed by atoms with Gasteiger partial charge in [-0.2, -0.15) is 0 Å². The molecule has 0 unspecified atom stereocenters. The molecule has 2 aromatic rings. The minimum Gasteiger partial charge on any atom is -0.444 e. The molecular weight excluding hydrogens is 458 g/mol. The Kier molecular flexibility index (Phi) is 13.2. The molecule has 0 radical (unpaired) electrons. The Morgan fingerprint density at radius 3 is 1.94 bits per heavy atom. The van der Waals surface area contributed by atoms with E-state index in [1.165, 1.54) is 57.4 Å². The molecule has 2 aromatic heterocycles. The number of pyridine rings is 1. The second-order valence-corrected chi connectivity index (χ2v) is 9.40. The maximum Gasteiger partial charge on any atom is 0.405 e. The zero-order valence-electron chi connectivity index (χ0n) is 22.3. The molecule has 0 atom stereocenters. The third-order valence-corrected chi connectivity index (χ3v) is 4.98. The van der Waals surface area contributed by atoms with Gasteiger partial charge in [0.25, 0.3) is 5.91 Å². The number of rotatable bonds is 4. The van der Waals surface area contributed by atoms with Crippen molar-refractivity contribution in [1.29, 1.82) is 0 Å². The molecule has 2 heterocycles. The Morgan fingerprint density at radius 2 is 1.53 bits per heavy atom. The van der Waals surface area contributed by atoms with E-state index in [4.69, 9.17) is 17.2 Å². The largest absolute Gasteiger partial charge is 0.444 e. The Bertz CT molecular complexity index is 941. The molecule has 2 aliphatic rings. The second kappa shape index (κ2) is 15.5. The van der Waals surface area contributed by atoms with Crippen molar-refractivity contribution in [2.45, 2.75) is 97.5 Å². The van der Waals surface area contributed by atoms with Crippen LogP contribution in [-0.4, -0.2) is 32.8 Å². The van der Waals surface area contributed by atoms with Gasteiger partial charge in [0.1, 0.15) is 17.2 Å². The SMILES string of the molecule is C1CCCCC1.CC.CC(C)(C)OC(N)=O.NC(=O)c1nnc(N)cc1Nc1cccc(C2CC2)n1. The minimum atomic E-state index is -0.725. The summed E-state index contributed by atoms with van der Waals surface area (Å²) < 4.78 is 4.58. The van der Waals surface area contributed by atoms with Crippen molar-refractivity contribution < 1.29 is 14.3 Å². The maximum absolute atomic E-state index is 11.3. The molecule has 2 aliphatic carbocycles. The number of carbonyl (C=O) groups is 2.